The number of carbonyl (C=O) groups is 2. The van der Waals surface area contributed by atoms with Crippen LogP contribution >= 0.6 is 28.3 Å². The highest BCUT2D eigenvalue weighted by Gasteiger charge is 2.31. The van der Waals surface area contributed by atoms with Gasteiger partial charge in [0, 0.05) is 23.8 Å². The number of halogens is 2. The molecule has 0 aliphatic carbocycles. The molecule has 6 nitrogen and oxygen atoms in total. The van der Waals surface area contributed by atoms with E-state index in [4.69, 9.17) is 4.74 Å². The van der Waals surface area contributed by atoms with Crippen molar-refractivity contribution in [3.63, 3.8) is 0 Å². The quantitative estimate of drug-likeness (QED) is 0.781. The van der Waals surface area contributed by atoms with Crippen LogP contribution in [0.1, 0.15) is 12.5 Å². The van der Waals surface area contributed by atoms with Gasteiger partial charge in [0.1, 0.15) is 6.04 Å². The number of benzene rings is 1. The highest BCUT2D eigenvalue weighted by atomic mass is 79.9. The van der Waals surface area contributed by atoms with Crippen molar-refractivity contribution in [3.8, 4) is 0 Å². The maximum Gasteiger partial charge on any atom is 0.243 e. The number of likely N-dealkylation sites (N-methyl/N-ethyl adjacent to an activating group) is 1. The molecule has 8 heteroatoms. The molecule has 1 aliphatic rings. The lowest BCUT2D eigenvalue weighted by Gasteiger charge is -2.32. The molecule has 0 aromatic heterocycles. The zero-order chi connectivity index (χ0) is 17.0. The monoisotopic (exact) mass is 419 g/mol. The summed E-state index contributed by atoms with van der Waals surface area (Å²) >= 11 is 3.39. The molecule has 1 saturated heterocycles. The van der Waals surface area contributed by atoms with E-state index >= 15 is 0 Å². The predicted octanol–water partition coefficient (Wildman–Crippen LogP) is 1.95. The minimum Gasteiger partial charge on any atom is -0.375 e. The zero-order valence-electron chi connectivity index (χ0n) is 14.0. The number of morpholine rings is 1. The van der Waals surface area contributed by atoms with Crippen LogP contribution in [0.2, 0.25) is 0 Å². The van der Waals surface area contributed by atoms with Crippen LogP contribution < -0.4 is 10.6 Å². The van der Waals surface area contributed by atoms with E-state index < -0.39 is 6.04 Å². The second-order valence-corrected chi connectivity index (χ2v) is 6.63. The van der Waals surface area contributed by atoms with E-state index in [1.807, 2.05) is 32.0 Å². The number of hydrogen-bond donors (Lipinski definition) is 2. The van der Waals surface area contributed by atoms with Gasteiger partial charge in [-0.1, -0.05) is 15.9 Å². The first-order chi connectivity index (χ1) is 10.9. The summed E-state index contributed by atoms with van der Waals surface area (Å²) in [4.78, 5) is 26.0. The minimum atomic E-state index is -0.407. The molecule has 2 N–H and O–H groups in total. The summed E-state index contributed by atoms with van der Waals surface area (Å²) in [5, 5.41) is 5.97. The smallest absolute Gasteiger partial charge is 0.243 e. The first-order valence-electron chi connectivity index (χ1n) is 7.54. The Balaban J connectivity index is 0.00000288. The Kier molecular flexibility index (Phi) is 8.15. The van der Waals surface area contributed by atoms with Gasteiger partial charge in [-0.05, 0) is 37.6 Å². The first-order valence-corrected chi connectivity index (χ1v) is 8.33. The summed E-state index contributed by atoms with van der Waals surface area (Å²) in [6.45, 7) is 5.00. The van der Waals surface area contributed by atoms with E-state index in [-0.39, 0.29) is 36.9 Å². The number of nitrogens with one attached hydrogen (secondary N) is 2. The van der Waals surface area contributed by atoms with Crippen molar-refractivity contribution in [2.24, 2.45) is 0 Å². The van der Waals surface area contributed by atoms with E-state index in [0.29, 0.717) is 13.2 Å². The number of rotatable bonds is 4. The van der Waals surface area contributed by atoms with E-state index in [2.05, 4.69) is 26.6 Å². The van der Waals surface area contributed by atoms with Crippen LogP contribution in [0.15, 0.2) is 22.7 Å². The van der Waals surface area contributed by atoms with Crippen molar-refractivity contribution in [1.29, 1.82) is 0 Å². The van der Waals surface area contributed by atoms with Crippen LogP contribution in [-0.4, -0.2) is 55.6 Å². The molecule has 1 aromatic carbocycles. The van der Waals surface area contributed by atoms with E-state index in [1.54, 1.807) is 7.05 Å². The molecule has 0 saturated carbocycles. The Morgan fingerprint density at radius 1 is 1.46 bits per heavy atom. The van der Waals surface area contributed by atoms with Gasteiger partial charge in [0.05, 0.1) is 19.3 Å². The molecule has 0 spiro atoms. The largest absolute Gasteiger partial charge is 0.375 e. The lowest BCUT2D eigenvalue weighted by atomic mass is 10.1. The molecule has 1 aromatic rings. The van der Waals surface area contributed by atoms with Gasteiger partial charge in [-0.3, -0.25) is 9.59 Å². The van der Waals surface area contributed by atoms with Crippen molar-refractivity contribution in [2.75, 3.05) is 32.1 Å². The maximum absolute atomic E-state index is 12.4. The Labute approximate surface area is 156 Å². The topological polar surface area (TPSA) is 70.7 Å². The Morgan fingerprint density at radius 2 is 2.17 bits per heavy atom. The fraction of sp³-hybridized carbons (Fsp3) is 0.500. The fourth-order valence-electron chi connectivity index (χ4n) is 2.50. The summed E-state index contributed by atoms with van der Waals surface area (Å²) in [6, 6.07) is 5.21. The third-order valence-electron chi connectivity index (χ3n) is 3.80. The van der Waals surface area contributed by atoms with Gasteiger partial charge in [-0.25, -0.2) is 0 Å². The Morgan fingerprint density at radius 3 is 2.79 bits per heavy atom. The maximum atomic E-state index is 12.4. The molecule has 2 amide bonds. The van der Waals surface area contributed by atoms with Crippen LogP contribution in [0.5, 0.6) is 0 Å². The van der Waals surface area contributed by atoms with Crippen molar-refractivity contribution < 1.29 is 14.3 Å². The van der Waals surface area contributed by atoms with Crippen molar-refractivity contribution >= 4 is 45.8 Å². The van der Waals surface area contributed by atoms with Gasteiger partial charge in [0.2, 0.25) is 11.8 Å². The molecule has 0 bridgehead atoms. The predicted molar refractivity (Wildman–Crippen MR) is 99.6 cm³/mol. The van der Waals surface area contributed by atoms with Crippen LogP contribution in [-0.2, 0) is 14.3 Å². The standard InChI is InChI=1S/C16H22BrN3O3.ClH/c1-10-8-12(17)4-5-13(10)19-14(21)9-20(3)16(22)15-11(2)23-7-6-18-15;/h4-5,8,11,15,18H,6-7,9H2,1-3H3,(H,19,21);1H/t11-,15+;/m1./s1. The molecule has 0 unspecified atom stereocenters. The SMILES string of the molecule is Cc1cc(Br)ccc1NC(=O)CN(C)C(=O)[C@H]1NCCO[C@@H]1C.Cl. The molecule has 2 atom stereocenters. The van der Waals surface area contributed by atoms with Gasteiger partial charge in [0.15, 0.2) is 0 Å². The molecule has 1 heterocycles. The normalized spacial score (nSPS) is 20.0. The summed E-state index contributed by atoms with van der Waals surface area (Å²) < 4.78 is 6.43. The molecule has 134 valence electrons. The number of anilines is 1. The fourth-order valence-corrected chi connectivity index (χ4v) is 2.97. The van der Waals surface area contributed by atoms with Gasteiger partial charge in [-0.15, -0.1) is 12.4 Å². The van der Waals surface area contributed by atoms with Crippen molar-refractivity contribution in [2.45, 2.75) is 26.0 Å². The van der Waals surface area contributed by atoms with Crippen molar-refractivity contribution in [3.05, 3.63) is 28.2 Å². The summed E-state index contributed by atoms with van der Waals surface area (Å²) in [7, 11) is 1.62. The summed E-state index contributed by atoms with van der Waals surface area (Å²) in [5.41, 5.74) is 1.70. The van der Waals surface area contributed by atoms with E-state index in [9.17, 15) is 9.59 Å². The first kappa shape index (κ1) is 20.9. The minimum absolute atomic E-state index is 0. The number of carbonyl (C=O) groups excluding carboxylic acids is 2. The second-order valence-electron chi connectivity index (χ2n) is 5.71. The summed E-state index contributed by atoms with van der Waals surface area (Å²) in [5.74, 6) is -0.365. The Bertz CT molecular complexity index is 600. The molecule has 24 heavy (non-hydrogen) atoms. The third-order valence-corrected chi connectivity index (χ3v) is 4.30. The lowest BCUT2D eigenvalue weighted by Crippen LogP contribution is -2.56. The molecule has 2 rings (SSSR count). The molecule has 0 radical (unpaired) electrons. The average molecular weight is 421 g/mol. The lowest BCUT2D eigenvalue weighted by molar-refractivity contribution is -0.140. The zero-order valence-corrected chi connectivity index (χ0v) is 16.4. The highest BCUT2D eigenvalue weighted by Crippen LogP contribution is 2.20. The van der Waals surface area contributed by atoms with Gasteiger partial charge in [0.25, 0.3) is 0 Å². The molecular weight excluding hydrogens is 398 g/mol. The molecule has 1 aliphatic heterocycles. The number of amides is 2. The van der Waals surface area contributed by atoms with Gasteiger partial charge >= 0.3 is 0 Å². The molecule has 1 fully saturated rings. The molecular formula is C16H23BrClN3O3. The third kappa shape index (κ3) is 5.44. The number of aryl methyl sites for hydroxylation is 1. The Hall–Kier alpha value is -1.15. The van der Waals surface area contributed by atoms with Crippen LogP contribution in [0, 0.1) is 6.92 Å². The van der Waals surface area contributed by atoms with Crippen molar-refractivity contribution in [1.82, 2.24) is 10.2 Å². The second kappa shape index (κ2) is 9.36. The van der Waals surface area contributed by atoms with E-state index in [1.165, 1.54) is 4.90 Å². The van der Waals surface area contributed by atoms with Crippen LogP contribution in [0.3, 0.4) is 0 Å². The number of ether oxygens (including phenoxy) is 1. The highest BCUT2D eigenvalue weighted by molar-refractivity contribution is 9.10. The van der Waals surface area contributed by atoms with E-state index in [0.717, 1.165) is 15.7 Å². The number of nitrogens with zero attached hydrogens (tertiary/aromatic N) is 1. The van der Waals surface area contributed by atoms with Gasteiger partial charge < -0.3 is 20.3 Å². The number of hydrogen-bond acceptors (Lipinski definition) is 4. The average Bonchev–Trinajstić information content (AvgIpc) is 2.50. The summed E-state index contributed by atoms with van der Waals surface area (Å²) in [6.07, 6.45) is -0.199. The van der Waals surface area contributed by atoms with Gasteiger partial charge in [-0.2, -0.15) is 0 Å². The van der Waals surface area contributed by atoms with Crippen LogP contribution in [0.25, 0.3) is 0 Å². The van der Waals surface area contributed by atoms with Crippen LogP contribution in [0.4, 0.5) is 5.69 Å².